The summed E-state index contributed by atoms with van der Waals surface area (Å²) in [7, 11) is -3.43. The molecule has 8 heteroatoms. The average molecular weight is 480 g/mol. The van der Waals surface area contributed by atoms with Gasteiger partial charge in [-0.15, -0.1) is 0 Å². The van der Waals surface area contributed by atoms with Crippen LogP contribution in [0.2, 0.25) is 0 Å². The molecule has 1 saturated heterocycles. The van der Waals surface area contributed by atoms with E-state index in [0.717, 1.165) is 34.9 Å². The molecule has 0 saturated carbocycles. The minimum atomic E-state index is -3.43. The number of benzene rings is 2. The molecule has 1 aliphatic rings. The number of rotatable bonds is 6. The Kier molecular flexibility index (Phi) is 7.32. The highest BCUT2D eigenvalue weighted by Crippen LogP contribution is 2.23. The summed E-state index contributed by atoms with van der Waals surface area (Å²) in [5.74, 6) is 0. The van der Waals surface area contributed by atoms with Crippen molar-refractivity contribution in [1.82, 2.24) is 14.9 Å². The number of nitrogens with zero attached hydrogens (tertiary/aromatic N) is 1. The van der Waals surface area contributed by atoms with Crippen molar-refractivity contribution in [3.05, 3.63) is 64.1 Å². The fourth-order valence-electron chi connectivity index (χ4n) is 3.37. The van der Waals surface area contributed by atoms with Crippen LogP contribution in [0.5, 0.6) is 0 Å². The van der Waals surface area contributed by atoms with E-state index in [1.807, 2.05) is 31.2 Å². The maximum Gasteiger partial charge on any atom is 0.315 e. The summed E-state index contributed by atoms with van der Waals surface area (Å²) in [6, 6.07) is 14.0. The van der Waals surface area contributed by atoms with Gasteiger partial charge in [-0.05, 0) is 49.1 Å². The number of sulfonamides is 1. The molecule has 2 amide bonds. The van der Waals surface area contributed by atoms with Crippen LogP contribution in [0.1, 0.15) is 43.4 Å². The third-order valence-corrected chi connectivity index (χ3v) is 7.68. The zero-order chi connectivity index (χ0) is 20.9. The average Bonchev–Trinajstić information content (AvgIpc) is 2.73. The molecule has 29 heavy (non-hydrogen) atoms. The molecule has 3 rings (SSSR count). The van der Waals surface area contributed by atoms with Crippen molar-refractivity contribution in [2.45, 2.75) is 43.7 Å². The lowest BCUT2D eigenvalue weighted by Crippen LogP contribution is -2.36. The lowest BCUT2D eigenvalue weighted by molar-refractivity contribution is 0.237. The molecule has 0 aromatic heterocycles. The Morgan fingerprint density at radius 3 is 2.38 bits per heavy atom. The molecule has 0 bridgehead atoms. The fourth-order valence-corrected chi connectivity index (χ4v) is 5.51. The SMILES string of the molecule is CC(NC(=O)NCc1ccc(S(=O)(=O)N2CCCCC2)cc1)c1ccccc1Br. The second-order valence-corrected chi connectivity index (χ2v) is 9.97. The number of urea groups is 1. The van der Waals surface area contributed by atoms with Gasteiger partial charge in [0.2, 0.25) is 10.0 Å². The molecule has 6 nitrogen and oxygen atoms in total. The number of hydrogen-bond donors (Lipinski definition) is 2. The second kappa shape index (κ2) is 9.73. The van der Waals surface area contributed by atoms with Crippen LogP contribution in [0.25, 0.3) is 0 Å². The Hall–Kier alpha value is -1.90. The maximum atomic E-state index is 12.7. The van der Waals surface area contributed by atoms with Crippen molar-refractivity contribution in [2.24, 2.45) is 0 Å². The number of nitrogens with one attached hydrogen (secondary N) is 2. The first-order valence-electron chi connectivity index (χ1n) is 9.76. The molecular weight excluding hydrogens is 454 g/mol. The predicted octanol–water partition coefficient (Wildman–Crippen LogP) is 4.18. The van der Waals surface area contributed by atoms with Crippen LogP contribution in [0.3, 0.4) is 0 Å². The van der Waals surface area contributed by atoms with Gasteiger partial charge in [0.05, 0.1) is 10.9 Å². The molecule has 2 N–H and O–H groups in total. The van der Waals surface area contributed by atoms with Gasteiger partial charge in [-0.3, -0.25) is 0 Å². The van der Waals surface area contributed by atoms with E-state index in [1.54, 1.807) is 28.6 Å². The minimum absolute atomic E-state index is 0.150. The van der Waals surface area contributed by atoms with Crippen LogP contribution < -0.4 is 10.6 Å². The van der Waals surface area contributed by atoms with Gasteiger partial charge in [0.1, 0.15) is 0 Å². The van der Waals surface area contributed by atoms with Crippen LogP contribution in [0.4, 0.5) is 4.79 Å². The monoisotopic (exact) mass is 479 g/mol. The molecule has 1 fully saturated rings. The van der Waals surface area contributed by atoms with Gasteiger partial charge >= 0.3 is 6.03 Å². The van der Waals surface area contributed by atoms with Crippen molar-refractivity contribution in [3.8, 4) is 0 Å². The highest BCUT2D eigenvalue weighted by molar-refractivity contribution is 9.10. The number of carbonyl (C=O) groups is 1. The molecule has 156 valence electrons. The number of carbonyl (C=O) groups excluding carboxylic acids is 1. The molecule has 0 aliphatic carbocycles. The predicted molar refractivity (Wildman–Crippen MR) is 117 cm³/mol. The number of hydrogen-bond acceptors (Lipinski definition) is 3. The van der Waals surface area contributed by atoms with Gasteiger partial charge in [-0.1, -0.05) is 52.7 Å². The zero-order valence-corrected chi connectivity index (χ0v) is 18.8. The Bertz CT molecular complexity index is 942. The van der Waals surface area contributed by atoms with E-state index >= 15 is 0 Å². The van der Waals surface area contributed by atoms with Crippen LogP contribution >= 0.6 is 15.9 Å². The molecule has 1 unspecified atom stereocenters. The summed E-state index contributed by atoms with van der Waals surface area (Å²) >= 11 is 3.49. The summed E-state index contributed by atoms with van der Waals surface area (Å²) < 4.78 is 27.9. The number of piperidine rings is 1. The smallest absolute Gasteiger partial charge is 0.315 e. The van der Waals surface area contributed by atoms with Gasteiger partial charge < -0.3 is 10.6 Å². The topological polar surface area (TPSA) is 78.5 Å². The highest BCUT2D eigenvalue weighted by Gasteiger charge is 2.25. The Balaban J connectivity index is 1.54. The van der Waals surface area contributed by atoms with Crippen molar-refractivity contribution in [2.75, 3.05) is 13.1 Å². The van der Waals surface area contributed by atoms with Crippen LogP contribution in [-0.4, -0.2) is 31.8 Å². The second-order valence-electron chi connectivity index (χ2n) is 7.18. The van der Waals surface area contributed by atoms with E-state index in [2.05, 4.69) is 26.6 Å². The molecular formula is C21H26BrN3O3S. The Labute approximate surface area is 180 Å². The summed E-state index contributed by atoms with van der Waals surface area (Å²) in [5, 5.41) is 5.72. The van der Waals surface area contributed by atoms with Crippen molar-refractivity contribution in [1.29, 1.82) is 0 Å². The maximum absolute atomic E-state index is 12.7. The molecule has 2 aromatic rings. The Morgan fingerprint density at radius 1 is 1.07 bits per heavy atom. The van der Waals surface area contributed by atoms with E-state index in [0.29, 0.717) is 24.5 Å². The molecule has 0 spiro atoms. The van der Waals surface area contributed by atoms with E-state index in [-0.39, 0.29) is 12.1 Å². The number of amides is 2. The molecule has 1 atom stereocenters. The van der Waals surface area contributed by atoms with Crippen LogP contribution in [-0.2, 0) is 16.6 Å². The van der Waals surface area contributed by atoms with Gasteiger partial charge in [0.15, 0.2) is 0 Å². The Morgan fingerprint density at radius 2 is 1.72 bits per heavy atom. The minimum Gasteiger partial charge on any atom is -0.334 e. The van der Waals surface area contributed by atoms with Gasteiger partial charge in [-0.25, -0.2) is 13.2 Å². The standard InChI is InChI=1S/C21H26BrN3O3S/c1-16(19-7-3-4-8-20(19)22)24-21(26)23-15-17-9-11-18(12-10-17)29(27,28)25-13-5-2-6-14-25/h3-4,7-12,16H,2,5-6,13-15H2,1H3,(H2,23,24,26). The summed E-state index contributed by atoms with van der Waals surface area (Å²) in [6.45, 7) is 3.40. The first-order valence-corrected chi connectivity index (χ1v) is 12.0. The first kappa shape index (κ1) is 21.8. The van der Waals surface area contributed by atoms with Crippen molar-refractivity contribution < 1.29 is 13.2 Å². The largest absolute Gasteiger partial charge is 0.334 e. The third kappa shape index (κ3) is 5.58. The van der Waals surface area contributed by atoms with E-state index in [4.69, 9.17) is 0 Å². The van der Waals surface area contributed by atoms with Gasteiger partial charge in [0.25, 0.3) is 0 Å². The summed E-state index contributed by atoms with van der Waals surface area (Å²) in [5.41, 5.74) is 1.83. The van der Waals surface area contributed by atoms with E-state index in [1.165, 1.54) is 0 Å². The number of halogens is 1. The molecule has 2 aromatic carbocycles. The first-order chi connectivity index (χ1) is 13.9. The molecule has 1 aliphatic heterocycles. The van der Waals surface area contributed by atoms with Crippen LogP contribution in [0, 0.1) is 0 Å². The van der Waals surface area contributed by atoms with Gasteiger partial charge in [-0.2, -0.15) is 4.31 Å². The molecule has 1 heterocycles. The fraction of sp³-hybridized carbons (Fsp3) is 0.381. The van der Waals surface area contributed by atoms with Gasteiger partial charge in [0, 0.05) is 24.1 Å². The summed E-state index contributed by atoms with van der Waals surface area (Å²) in [4.78, 5) is 12.5. The lowest BCUT2D eigenvalue weighted by Gasteiger charge is -2.25. The molecule has 0 radical (unpaired) electrons. The van der Waals surface area contributed by atoms with E-state index < -0.39 is 10.0 Å². The summed E-state index contributed by atoms with van der Waals surface area (Å²) in [6.07, 6.45) is 2.90. The van der Waals surface area contributed by atoms with Crippen molar-refractivity contribution >= 4 is 32.0 Å². The quantitative estimate of drug-likeness (QED) is 0.651. The van der Waals surface area contributed by atoms with Crippen molar-refractivity contribution in [3.63, 3.8) is 0 Å². The zero-order valence-electron chi connectivity index (χ0n) is 16.4. The lowest BCUT2D eigenvalue weighted by atomic mass is 10.1. The van der Waals surface area contributed by atoms with E-state index in [9.17, 15) is 13.2 Å². The third-order valence-electron chi connectivity index (χ3n) is 5.05. The van der Waals surface area contributed by atoms with Crippen LogP contribution in [0.15, 0.2) is 57.9 Å². The highest BCUT2D eigenvalue weighted by atomic mass is 79.9. The normalized spacial score (nSPS) is 16.2.